The van der Waals surface area contributed by atoms with E-state index in [4.69, 9.17) is 0 Å². The van der Waals surface area contributed by atoms with Crippen LogP contribution in [0.3, 0.4) is 0 Å². The lowest BCUT2D eigenvalue weighted by atomic mass is 10.2. The van der Waals surface area contributed by atoms with Gasteiger partial charge in [0.25, 0.3) is 0 Å². The first-order valence-corrected chi connectivity index (χ1v) is 8.09. The molecule has 0 amide bonds. The van der Waals surface area contributed by atoms with Crippen LogP contribution < -0.4 is 5.32 Å². The van der Waals surface area contributed by atoms with Gasteiger partial charge >= 0.3 is 0 Å². The lowest BCUT2D eigenvalue weighted by molar-refractivity contribution is 0.982. The minimum absolute atomic E-state index is 0.773. The molecule has 1 aromatic carbocycles. The summed E-state index contributed by atoms with van der Waals surface area (Å²) in [6, 6.07) is 8.07. The first-order valence-electron chi connectivity index (χ1n) is 6.22. The maximum absolute atomic E-state index is 4.67. The lowest BCUT2D eigenvalue weighted by Crippen LogP contribution is -2.07. The summed E-state index contributed by atoms with van der Waals surface area (Å²) in [5.41, 5.74) is 2.11. The number of anilines is 1. The van der Waals surface area contributed by atoms with Crippen LogP contribution in [0.15, 0.2) is 28.7 Å². The van der Waals surface area contributed by atoms with Crippen LogP contribution in [0.1, 0.15) is 19.5 Å². The number of aryl methyl sites for hydroxylation is 1. The highest BCUT2D eigenvalue weighted by molar-refractivity contribution is 14.1. The van der Waals surface area contributed by atoms with Crippen molar-refractivity contribution >= 4 is 44.3 Å². The summed E-state index contributed by atoms with van der Waals surface area (Å²) in [7, 11) is 0. The molecule has 1 heterocycles. The number of halogens is 2. The Balaban J connectivity index is 2.54. The molecule has 0 aliphatic carbocycles. The van der Waals surface area contributed by atoms with Crippen molar-refractivity contribution in [1.29, 1.82) is 0 Å². The van der Waals surface area contributed by atoms with Gasteiger partial charge in [-0.3, -0.25) is 0 Å². The van der Waals surface area contributed by atoms with Gasteiger partial charge in [-0.05, 0) is 48.1 Å². The molecular weight excluding hydrogens is 417 g/mol. The molecule has 1 N–H and O–H groups in total. The topological polar surface area (TPSA) is 37.8 Å². The van der Waals surface area contributed by atoms with E-state index < -0.39 is 0 Å². The first kappa shape index (κ1) is 14.7. The summed E-state index contributed by atoms with van der Waals surface area (Å²) in [6.07, 6.45) is 0.903. The normalized spacial score (nSPS) is 10.5. The number of hydrogen-bond acceptors (Lipinski definition) is 3. The molecule has 5 heteroatoms. The zero-order valence-electron chi connectivity index (χ0n) is 10.9. The molecule has 2 aromatic rings. The third kappa shape index (κ3) is 3.45. The molecule has 0 atom stereocenters. The van der Waals surface area contributed by atoms with Crippen molar-refractivity contribution in [2.24, 2.45) is 0 Å². The standard InChI is InChI=1S/C14H15BrIN3/c1-3-11-12(16)14(17-4-2)19-13(18-11)9-6-5-7-10(15)8-9/h5-8H,3-4H2,1-2H3,(H,17,18,19). The third-order valence-electron chi connectivity index (χ3n) is 2.68. The van der Waals surface area contributed by atoms with Crippen molar-refractivity contribution in [3.8, 4) is 11.4 Å². The van der Waals surface area contributed by atoms with Crippen molar-refractivity contribution in [3.05, 3.63) is 38.0 Å². The Kier molecular flexibility index (Phi) is 5.15. The second-order valence-electron chi connectivity index (χ2n) is 4.05. The first-order chi connectivity index (χ1) is 9.15. The maximum Gasteiger partial charge on any atom is 0.161 e. The largest absolute Gasteiger partial charge is 0.369 e. The van der Waals surface area contributed by atoms with Gasteiger partial charge in [-0.15, -0.1) is 0 Å². The van der Waals surface area contributed by atoms with Crippen LogP contribution in [0, 0.1) is 3.57 Å². The summed E-state index contributed by atoms with van der Waals surface area (Å²) < 4.78 is 2.15. The van der Waals surface area contributed by atoms with Gasteiger partial charge in [0.05, 0.1) is 9.26 Å². The zero-order chi connectivity index (χ0) is 13.8. The van der Waals surface area contributed by atoms with E-state index in [-0.39, 0.29) is 0 Å². The van der Waals surface area contributed by atoms with E-state index in [0.717, 1.165) is 43.9 Å². The SMILES string of the molecule is CCNc1nc(-c2cccc(Br)c2)nc(CC)c1I. The van der Waals surface area contributed by atoms with Crippen molar-refractivity contribution in [2.75, 3.05) is 11.9 Å². The second kappa shape index (κ2) is 6.65. The van der Waals surface area contributed by atoms with E-state index in [9.17, 15) is 0 Å². The number of benzene rings is 1. The predicted molar refractivity (Wildman–Crippen MR) is 91.4 cm³/mol. The number of nitrogens with zero attached hydrogens (tertiary/aromatic N) is 2. The van der Waals surface area contributed by atoms with Crippen molar-refractivity contribution in [1.82, 2.24) is 9.97 Å². The Bertz CT molecular complexity index is 587. The van der Waals surface area contributed by atoms with Crippen molar-refractivity contribution < 1.29 is 0 Å². The van der Waals surface area contributed by atoms with Crippen molar-refractivity contribution in [3.63, 3.8) is 0 Å². The smallest absolute Gasteiger partial charge is 0.161 e. The van der Waals surface area contributed by atoms with Gasteiger partial charge in [0, 0.05) is 16.6 Å². The van der Waals surface area contributed by atoms with E-state index in [1.807, 2.05) is 24.3 Å². The van der Waals surface area contributed by atoms with Gasteiger partial charge in [-0.25, -0.2) is 9.97 Å². The van der Waals surface area contributed by atoms with Crippen LogP contribution >= 0.6 is 38.5 Å². The molecule has 0 bridgehead atoms. The number of aromatic nitrogens is 2. The fourth-order valence-electron chi connectivity index (χ4n) is 1.77. The van der Waals surface area contributed by atoms with Crippen LogP contribution in [-0.2, 0) is 6.42 Å². The maximum atomic E-state index is 4.67. The molecule has 0 aliphatic heterocycles. The molecule has 0 saturated heterocycles. The summed E-state index contributed by atoms with van der Waals surface area (Å²) in [5, 5.41) is 3.30. The van der Waals surface area contributed by atoms with E-state index >= 15 is 0 Å². The highest BCUT2D eigenvalue weighted by Crippen LogP contribution is 2.25. The highest BCUT2D eigenvalue weighted by atomic mass is 127. The second-order valence-corrected chi connectivity index (χ2v) is 6.05. The summed E-state index contributed by atoms with van der Waals surface area (Å²) in [5.74, 6) is 1.69. The molecule has 1 aromatic heterocycles. The monoisotopic (exact) mass is 431 g/mol. The van der Waals surface area contributed by atoms with Crippen molar-refractivity contribution in [2.45, 2.75) is 20.3 Å². The molecule has 0 saturated carbocycles. The summed E-state index contributed by atoms with van der Waals surface area (Å²) in [4.78, 5) is 9.30. The van der Waals surface area contributed by atoms with Gasteiger partial charge in [-0.1, -0.05) is 35.0 Å². The Hall–Kier alpha value is -0.690. The molecule has 0 spiro atoms. The fourth-order valence-corrected chi connectivity index (χ4v) is 2.98. The molecular formula is C14H15BrIN3. The predicted octanol–water partition coefficient (Wildman–Crippen LogP) is 4.50. The molecule has 3 nitrogen and oxygen atoms in total. The summed E-state index contributed by atoms with van der Waals surface area (Å²) >= 11 is 5.80. The molecule has 0 unspecified atom stereocenters. The highest BCUT2D eigenvalue weighted by Gasteiger charge is 2.11. The van der Waals surface area contributed by atoms with Crippen LogP contribution in [-0.4, -0.2) is 16.5 Å². The number of rotatable bonds is 4. The lowest BCUT2D eigenvalue weighted by Gasteiger charge is -2.11. The number of hydrogen-bond donors (Lipinski definition) is 1. The van der Waals surface area contributed by atoms with Gasteiger partial charge < -0.3 is 5.32 Å². The van der Waals surface area contributed by atoms with Crippen LogP contribution in [0.4, 0.5) is 5.82 Å². The average Bonchev–Trinajstić information content (AvgIpc) is 2.41. The third-order valence-corrected chi connectivity index (χ3v) is 4.31. The molecule has 0 radical (unpaired) electrons. The Morgan fingerprint density at radius 2 is 2.05 bits per heavy atom. The van der Waals surface area contributed by atoms with Gasteiger partial charge in [0.1, 0.15) is 5.82 Å². The molecule has 19 heavy (non-hydrogen) atoms. The van der Waals surface area contributed by atoms with E-state index in [1.54, 1.807) is 0 Å². The summed E-state index contributed by atoms with van der Waals surface area (Å²) in [6.45, 7) is 5.04. The Morgan fingerprint density at radius 3 is 2.68 bits per heavy atom. The Morgan fingerprint density at radius 1 is 1.26 bits per heavy atom. The van der Waals surface area contributed by atoms with Gasteiger partial charge in [0.2, 0.25) is 0 Å². The number of nitrogens with one attached hydrogen (secondary N) is 1. The minimum atomic E-state index is 0.773. The van der Waals surface area contributed by atoms with Gasteiger partial charge in [0.15, 0.2) is 5.82 Å². The van der Waals surface area contributed by atoms with Crippen LogP contribution in [0.5, 0.6) is 0 Å². The molecule has 0 aliphatic rings. The fraction of sp³-hybridized carbons (Fsp3) is 0.286. The van der Waals surface area contributed by atoms with Gasteiger partial charge in [-0.2, -0.15) is 0 Å². The van der Waals surface area contributed by atoms with E-state index in [2.05, 4.69) is 67.7 Å². The van der Waals surface area contributed by atoms with E-state index in [1.165, 1.54) is 0 Å². The molecule has 2 rings (SSSR count). The van der Waals surface area contributed by atoms with Crippen LogP contribution in [0.25, 0.3) is 11.4 Å². The van der Waals surface area contributed by atoms with E-state index in [0.29, 0.717) is 0 Å². The zero-order valence-corrected chi connectivity index (χ0v) is 14.6. The molecule has 100 valence electrons. The average molecular weight is 432 g/mol. The Labute approximate surface area is 135 Å². The quantitative estimate of drug-likeness (QED) is 0.724. The minimum Gasteiger partial charge on any atom is -0.369 e. The van der Waals surface area contributed by atoms with Crippen LogP contribution in [0.2, 0.25) is 0 Å². The molecule has 0 fully saturated rings.